The molecule has 0 aromatic heterocycles. The zero-order chi connectivity index (χ0) is 11.0. The van der Waals surface area contributed by atoms with E-state index in [1.807, 2.05) is 6.92 Å². The standard InChI is InChI=1S/C8H18N4O2/c1-3-4-10-8(13)11-5-6(2)7(9)12-14/h6,14H,3-5H2,1-2H3,(H2,9,12)(H2,10,11,13). The van der Waals surface area contributed by atoms with Crippen LogP contribution in [0.25, 0.3) is 0 Å². The van der Waals surface area contributed by atoms with Crippen molar-refractivity contribution in [2.45, 2.75) is 20.3 Å². The summed E-state index contributed by atoms with van der Waals surface area (Å²) in [7, 11) is 0. The summed E-state index contributed by atoms with van der Waals surface area (Å²) in [6, 6.07) is -0.232. The normalized spacial score (nSPS) is 13.4. The van der Waals surface area contributed by atoms with Crippen molar-refractivity contribution in [2.75, 3.05) is 13.1 Å². The maximum atomic E-state index is 11.1. The number of nitrogens with zero attached hydrogens (tertiary/aromatic N) is 1. The lowest BCUT2D eigenvalue weighted by molar-refractivity contribution is 0.240. The number of oxime groups is 1. The van der Waals surface area contributed by atoms with Crippen LogP contribution in [0.1, 0.15) is 20.3 Å². The molecular weight excluding hydrogens is 184 g/mol. The number of nitrogens with one attached hydrogen (secondary N) is 2. The Morgan fingerprint density at radius 2 is 2.21 bits per heavy atom. The lowest BCUT2D eigenvalue weighted by atomic mass is 10.1. The van der Waals surface area contributed by atoms with Crippen LogP contribution in [0.3, 0.4) is 0 Å². The van der Waals surface area contributed by atoms with Gasteiger partial charge in [-0.2, -0.15) is 0 Å². The highest BCUT2D eigenvalue weighted by Gasteiger charge is 2.08. The summed E-state index contributed by atoms with van der Waals surface area (Å²) in [5.41, 5.74) is 5.33. The van der Waals surface area contributed by atoms with Gasteiger partial charge in [0.25, 0.3) is 0 Å². The Balaban J connectivity index is 3.66. The summed E-state index contributed by atoms with van der Waals surface area (Å²) in [5, 5.41) is 16.5. The maximum absolute atomic E-state index is 11.1. The summed E-state index contributed by atoms with van der Waals surface area (Å²) in [6.45, 7) is 4.73. The second-order valence-electron chi connectivity index (χ2n) is 3.06. The smallest absolute Gasteiger partial charge is 0.314 e. The SMILES string of the molecule is CCCNC(=O)NCC(C)C(N)=NO. The first-order valence-corrected chi connectivity index (χ1v) is 4.60. The fourth-order valence-corrected chi connectivity index (χ4v) is 0.750. The van der Waals surface area contributed by atoms with Crippen molar-refractivity contribution in [1.82, 2.24) is 10.6 Å². The molecule has 0 saturated carbocycles. The average molecular weight is 202 g/mol. The number of nitrogens with two attached hydrogens (primary N) is 1. The summed E-state index contributed by atoms with van der Waals surface area (Å²) < 4.78 is 0. The quantitative estimate of drug-likeness (QED) is 0.220. The second-order valence-corrected chi connectivity index (χ2v) is 3.06. The molecule has 0 bridgehead atoms. The number of amidine groups is 1. The zero-order valence-electron chi connectivity index (χ0n) is 8.58. The Kier molecular flexibility index (Phi) is 6.26. The minimum absolute atomic E-state index is 0.112. The van der Waals surface area contributed by atoms with Crippen LogP contribution in [0.4, 0.5) is 4.79 Å². The van der Waals surface area contributed by atoms with Crippen LogP contribution in [0.5, 0.6) is 0 Å². The van der Waals surface area contributed by atoms with E-state index in [1.54, 1.807) is 6.92 Å². The molecule has 0 aliphatic rings. The molecule has 6 nitrogen and oxygen atoms in total. The number of urea groups is 1. The lowest BCUT2D eigenvalue weighted by Crippen LogP contribution is -2.40. The highest BCUT2D eigenvalue weighted by atomic mass is 16.4. The van der Waals surface area contributed by atoms with Crippen LogP contribution in [0, 0.1) is 5.92 Å². The molecule has 0 rings (SSSR count). The number of carbonyl (C=O) groups excluding carboxylic acids is 1. The predicted molar refractivity (Wildman–Crippen MR) is 54.3 cm³/mol. The molecule has 0 aliphatic carbocycles. The topological polar surface area (TPSA) is 99.7 Å². The first-order valence-electron chi connectivity index (χ1n) is 4.60. The molecule has 5 N–H and O–H groups in total. The first-order chi connectivity index (χ1) is 6.61. The van der Waals surface area contributed by atoms with Crippen molar-refractivity contribution in [3.8, 4) is 0 Å². The third-order valence-electron chi connectivity index (χ3n) is 1.72. The Bertz CT molecular complexity index is 206. The van der Waals surface area contributed by atoms with E-state index in [0.717, 1.165) is 6.42 Å². The van der Waals surface area contributed by atoms with Gasteiger partial charge in [0.05, 0.1) is 0 Å². The molecule has 0 spiro atoms. The van der Waals surface area contributed by atoms with Crippen molar-refractivity contribution in [3.05, 3.63) is 0 Å². The van der Waals surface area contributed by atoms with Crippen LogP contribution >= 0.6 is 0 Å². The Morgan fingerprint density at radius 3 is 2.71 bits per heavy atom. The van der Waals surface area contributed by atoms with Crippen LogP contribution in [-0.2, 0) is 0 Å². The molecule has 14 heavy (non-hydrogen) atoms. The number of hydrogen-bond donors (Lipinski definition) is 4. The van der Waals surface area contributed by atoms with E-state index >= 15 is 0 Å². The van der Waals surface area contributed by atoms with Gasteiger partial charge in [-0.05, 0) is 6.42 Å². The van der Waals surface area contributed by atoms with Crippen molar-refractivity contribution in [2.24, 2.45) is 16.8 Å². The zero-order valence-corrected chi connectivity index (χ0v) is 8.58. The average Bonchev–Trinajstić information content (AvgIpc) is 2.21. The van der Waals surface area contributed by atoms with Gasteiger partial charge in [-0.15, -0.1) is 0 Å². The van der Waals surface area contributed by atoms with E-state index in [2.05, 4.69) is 15.8 Å². The van der Waals surface area contributed by atoms with E-state index in [1.165, 1.54) is 0 Å². The molecule has 6 heteroatoms. The van der Waals surface area contributed by atoms with Crippen LogP contribution < -0.4 is 16.4 Å². The molecule has 1 atom stereocenters. The largest absolute Gasteiger partial charge is 0.409 e. The minimum Gasteiger partial charge on any atom is -0.409 e. The monoisotopic (exact) mass is 202 g/mol. The third kappa shape index (κ3) is 5.23. The molecular formula is C8H18N4O2. The lowest BCUT2D eigenvalue weighted by Gasteiger charge is -2.11. The van der Waals surface area contributed by atoms with E-state index in [9.17, 15) is 4.79 Å². The number of amides is 2. The van der Waals surface area contributed by atoms with E-state index in [0.29, 0.717) is 13.1 Å². The number of rotatable bonds is 5. The van der Waals surface area contributed by atoms with Gasteiger partial charge in [0, 0.05) is 19.0 Å². The Morgan fingerprint density at radius 1 is 1.57 bits per heavy atom. The Hall–Kier alpha value is -1.46. The molecule has 0 heterocycles. The van der Waals surface area contributed by atoms with E-state index in [4.69, 9.17) is 10.9 Å². The fourth-order valence-electron chi connectivity index (χ4n) is 0.750. The number of hydrogen-bond acceptors (Lipinski definition) is 3. The molecule has 0 radical (unpaired) electrons. The minimum atomic E-state index is -0.232. The molecule has 0 aromatic carbocycles. The second kappa shape index (κ2) is 6.99. The van der Waals surface area contributed by atoms with Gasteiger partial charge in [0.2, 0.25) is 0 Å². The van der Waals surface area contributed by atoms with Gasteiger partial charge in [-0.1, -0.05) is 19.0 Å². The third-order valence-corrected chi connectivity index (χ3v) is 1.72. The van der Waals surface area contributed by atoms with Gasteiger partial charge >= 0.3 is 6.03 Å². The summed E-state index contributed by atoms with van der Waals surface area (Å²) >= 11 is 0. The molecule has 1 unspecified atom stereocenters. The molecule has 0 aromatic rings. The Labute approximate surface area is 83.5 Å². The molecule has 0 aliphatic heterocycles. The highest BCUT2D eigenvalue weighted by molar-refractivity contribution is 5.83. The molecule has 0 fully saturated rings. The summed E-state index contributed by atoms with van der Waals surface area (Å²) in [4.78, 5) is 11.1. The summed E-state index contributed by atoms with van der Waals surface area (Å²) in [6.07, 6.45) is 0.892. The van der Waals surface area contributed by atoms with Gasteiger partial charge < -0.3 is 21.6 Å². The van der Waals surface area contributed by atoms with Crippen LogP contribution in [0.2, 0.25) is 0 Å². The fraction of sp³-hybridized carbons (Fsp3) is 0.750. The van der Waals surface area contributed by atoms with Crippen molar-refractivity contribution in [1.29, 1.82) is 0 Å². The predicted octanol–water partition coefficient (Wildman–Crippen LogP) is 0.0781. The molecule has 0 saturated heterocycles. The van der Waals surface area contributed by atoms with Gasteiger partial charge in [-0.25, -0.2) is 4.79 Å². The van der Waals surface area contributed by atoms with Crippen molar-refractivity contribution < 1.29 is 10.0 Å². The van der Waals surface area contributed by atoms with Crippen LogP contribution in [-0.4, -0.2) is 30.2 Å². The first kappa shape index (κ1) is 12.5. The highest BCUT2D eigenvalue weighted by Crippen LogP contribution is 1.91. The number of carbonyl (C=O) groups is 1. The van der Waals surface area contributed by atoms with Gasteiger partial charge in [0.15, 0.2) is 0 Å². The molecule has 82 valence electrons. The van der Waals surface area contributed by atoms with E-state index in [-0.39, 0.29) is 17.8 Å². The van der Waals surface area contributed by atoms with Crippen molar-refractivity contribution in [3.63, 3.8) is 0 Å². The maximum Gasteiger partial charge on any atom is 0.314 e. The van der Waals surface area contributed by atoms with E-state index < -0.39 is 0 Å². The van der Waals surface area contributed by atoms with Crippen molar-refractivity contribution >= 4 is 11.9 Å². The summed E-state index contributed by atoms with van der Waals surface area (Å²) in [5.74, 6) is -0.0619. The van der Waals surface area contributed by atoms with Gasteiger partial charge in [-0.3, -0.25) is 0 Å². The van der Waals surface area contributed by atoms with Crippen LogP contribution in [0.15, 0.2) is 5.16 Å². The molecule has 2 amide bonds. The van der Waals surface area contributed by atoms with Gasteiger partial charge in [0.1, 0.15) is 5.84 Å².